The van der Waals surface area contributed by atoms with E-state index in [0.717, 1.165) is 18.3 Å². The van der Waals surface area contributed by atoms with Gasteiger partial charge in [0.15, 0.2) is 0 Å². The summed E-state index contributed by atoms with van der Waals surface area (Å²) < 4.78 is 0. The number of hydrogen-bond donors (Lipinski definition) is 1. The largest absolute Gasteiger partial charge is 0.478 e. The van der Waals surface area contributed by atoms with Crippen LogP contribution in [-0.4, -0.2) is 24.7 Å². The molecule has 0 atom stereocenters. The van der Waals surface area contributed by atoms with Crippen molar-refractivity contribution in [2.45, 2.75) is 20.8 Å². The maximum absolute atomic E-state index is 10.5. The highest BCUT2D eigenvalue weighted by Gasteiger charge is 2.14. The van der Waals surface area contributed by atoms with Crippen LogP contribution in [0.3, 0.4) is 0 Å². The number of hydrogen-bond acceptors (Lipinski definition) is 2. The molecule has 0 aliphatic carbocycles. The number of nitrogens with zero attached hydrogens (tertiary/aromatic N) is 1. The molecule has 0 amide bonds. The van der Waals surface area contributed by atoms with Crippen molar-refractivity contribution in [1.82, 2.24) is 0 Å². The molecule has 104 valence electrons. The van der Waals surface area contributed by atoms with Gasteiger partial charge in [0.05, 0.1) is 0 Å². The minimum atomic E-state index is -0.981. The van der Waals surface area contributed by atoms with Gasteiger partial charge in [-0.05, 0) is 29.2 Å². The molecule has 0 unspecified atom stereocenters. The lowest BCUT2D eigenvalue weighted by Crippen LogP contribution is -2.29. The molecule has 1 aromatic carbocycles. The van der Waals surface area contributed by atoms with Gasteiger partial charge in [-0.3, -0.25) is 0 Å². The first-order valence-electron chi connectivity index (χ1n) is 6.11. The van der Waals surface area contributed by atoms with E-state index in [2.05, 4.69) is 25.7 Å². The number of carboxylic acid groups (broad SMARTS) is 1. The molecule has 0 aliphatic rings. The molecule has 0 saturated carbocycles. The molecule has 0 radical (unpaired) electrons. The van der Waals surface area contributed by atoms with Crippen LogP contribution in [0.1, 0.15) is 26.3 Å². The van der Waals surface area contributed by atoms with E-state index in [1.165, 1.54) is 6.08 Å². The Morgan fingerprint density at radius 2 is 2.05 bits per heavy atom. The van der Waals surface area contributed by atoms with Crippen LogP contribution < -0.4 is 4.90 Å². The van der Waals surface area contributed by atoms with Crippen LogP contribution >= 0.6 is 11.6 Å². The lowest BCUT2D eigenvalue weighted by Gasteiger charge is -2.28. The van der Waals surface area contributed by atoms with Gasteiger partial charge in [0, 0.05) is 30.4 Å². The quantitative estimate of drug-likeness (QED) is 0.851. The zero-order valence-corrected chi connectivity index (χ0v) is 12.5. The third-order valence-electron chi connectivity index (χ3n) is 2.54. The summed E-state index contributed by atoms with van der Waals surface area (Å²) >= 11 is 6.16. The van der Waals surface area contributed by atoms with Gasteiger partial charge in [-0.25, -0.2) is 4.79 Å². The topological polar surface area (TPSA) is 40.5 Å². The van der Waals surface area contributed by atoms with Crippen molar-refractivity contribution in [1.29, 1.82) is 0 Å². The summed E-state index contributed by atoms with van der Waals surface area (Å²) in [6.45, 7) is 7.44. The molecular formula is C15H20ClNO2. The van der Waals surface area contributed by atoms with Crippen molar-refractivity contribution in [2.24, 2.45) is 5.41 Å². The monoisotopic (exact) mass is 281 g/mol. The van der Waals surface area contributed by atoms with Crippen LogP contribution in [0.25, 0.3) is 6.08 Å². The summed E-state index contributed by atoms with van der Waals surface area (Å²) in [5.74, 6) is -0.981. The Balaban J connectivity index is 2.90. The normalized spacial score (nSPS) is 11.8. The average Bonchev–Trinajstić information content (AvgIpc) is 2.24. The van der Waals surface area contributed by atoms with Crippen molar-refractivity contribution in [3.05, 3.63) is 34.9 Å². The number of carboxylic acids is 1. The molecule has 0 bridgehead atoms. The minimum Gasteiger partial charge on any atom is -0.478 e. The van der Waals surface area contributed by atoms with Gasteiger partial charge in [-0.15, -0.1) is 0 Å². The standard InChI is InChI=1S/C15H20ClNO2/c1-15(2,3)10-17(4)12-7-5-11(13(16)9-12)6-8-14(18)19/h5-9H,10H2,1-4H3,(H,18,19)/b8-6+. The molecule has 0 aromatic heterocycles. The Hall–Kier alpha value is -1.48. The van der Waals surface area contributed by atoms with E-state index in [1.54, 1.807) is 0 Å². The molecule has 1 N–H and O–H groups in total. The van der Waals surface area contributed by atoms with Crippen LogP contribution in [0.2, 0.25) is 5.02 Å². The SMILES string of the molecule is CN(CC(C)(C)C)c1ccc(/C=C/C(=O)O)c(Cl)c1. The summed E-state index contributed by atoms with van der Waals surface area (Å²) in [6.07, 6.45) is 2.58. The fraction of sp³-hybridized carbons (Fsp3) is 0.400. The fourth-order valence-corrected chi connectivity index (χ4v) is 2.09. The zero-order valence-electron chi connectivity index (χ0n) is 11.8. The van der Waals surface area contributed by atoms with Crippen LogP contribution in [0, 0.1) is 5.41 Å². The van der Waals surface area contributed by atoms with Gasteiger partial charge in [-0.1, -0.05) is 38.4 Å². The smallest absolute Gasteiger partial charge is 0.328 e. The molecule has 3 nitrogen and oxygen atoms in total. The second-order valence-corrected chi connectivity index (χ2v) is 6.20. The molecule has 19 heavy (non-hydrogen) atoms. The molecule has 0 heterocycles. The first-order chi connectivity index (χ1) is 8.69. The summed E-state index contributed by atoms with van der Waals surface area (Å²) in [5.41, 5.74) is 1.92. The Morgan fingerprint density at radius 3 is 2.53 bits per heavy atom. The Kier molecular flexibility index (Phi) is 5.01. The van der Waals surface area contributed by atoms with Gasteiger partial charge in [0.1, 0.15) is 0 Å². The van der Waals surface area contributed by atoms with Gasteiger partial charge < -0.3 is 10.0 Å². The second-order valence-electron chi connectivity index (χ2n) is 5.79. The molecule has 0 fully saturated rings. The summed E-state index contributed by atoms with van der Waals surface area (Å²) in [6, 6.07) is 5.63. The van der Waals surface area contributed by atoms with E-state index in [0.29, 0.717) is 10.6 Å². The fourth-order valence-electron chi connectivity index (χ4n) is 1.85. The number of rotatable bonds is 4. The van der Waals surface area contributed by atoms with Crippen molar-refractivity contribution < 1.29 is 9.90 Å². The molecule has 4 heteroatoms. The van der Waals surface area contributed by atoms with Crippen molar-refractivity contribution >= 4 is 29.3 Å². The van der Waals surface area contributed by atoms with Crippen LogP contribution in [0.15, 0.2) is 24.3 Å². The molecular weight excluding hydrogens is 262 g/mol. The number of benzene rings is 1. The predicted octanol–water partition coefficient (Wildman–Crippen LogP) is 3.92. The third-order valence-corrected chi connectivity index (χ3v) is 2.87. The summed E-state index contributed by atoms with van der Waals surface area (Å²) in [7, 11) is 2.02. The van der Waals surface area contributed by atoms with Crippen LogP contribution in [-0.2, 0) is 4.79 Å². The van der Waals surface area contributed by atoms with E-state index in [4.69, 9.17) is 16.7 Å². The highest BCUT2D eigenvalue weighted by atomic mass is 35.5. The van der Waals surface area contributed by atoms with Crippen LogP contribution in [0.5, 0.6) is 0 Å². The summed E-state index contributed by atoms with van der Waals surface area (Å²) in [5, 5.41) is 9.15. The minimum absolute atomic E-state index is 0.198. The van der Waals surface area contributed by atoms with Crippen LogP contribution in [0.4, 0.5) is 5.69 Å². The highest BCUT2D eigenvalue weighted by Crippen LogP contribution is 2.26. The Labute approximate surface area is 119 Å². The van der Waals surface area contributed by atoms with Crippen molar-refractivity contribution in [2.75, 3.05) is 18.5 Å². The number of halogens is 1. The predicted molar refractivity (Wildman–Crippen MR) is 80.8 cm³/mol. The van der Waals surface area contributed by atoms with E-state index in [1.807, 2.05) is 25.2 Å². The lowest BCUT2D eigenvalue weighted by molar-refractivity contribution is -0.131. The second kappa shape index (κ2) is 6.11. The molecule has 1 rings (SSSR count). The Bertz CT molecular complexity index is 489. The molecule has 0 saturated heterocycles. The molecule has 0 aliphatic heterocycles. The van der Waals surface area contributed by atoms with Gasteiger partial charge in [0.25, 0.3) is 0 Å². The van der Waals surface area contributed by atoms with Crippen molar-refractivity contribution in [3.63, 3.8) is 0 Å². The molecule has 0 spiro atoms. The van der Waals surface area contributed by atoms with Gasteiger partial charge in [-0.2, -0.15) is 0 Å². The highest BCUT2D eigenvalue weighted by molar-refractivity contribution is 6.32. The average molecular weight is 282 g/mol. The summed E-state index contributed by atoms with van der Waals surface area (Å²) in [4.78, 5) is 12.6. The van der Waals surface area contributed by atoms with E-state index >= 15 is 0 Å². The third kappa shape index (κ3) is 5.35. The number of anilines is 1. The van der Waals surface area contributed by atoms with E-state index in [9.17, 15) is 4.79 Å². The maximum Gasteiger partial charge on any atom is 0.328 e. The van der Waals surface area contributed by atoms with Gasteiger partial charge in [0.2, 0.25) is 0 Å². The maximum atomic E-state index is 10.5. The van der Waals surface area contributed by atoms with Gasteiger partial charge >= 0.3 is 5.97 Å². The lowest BCUT2D eigenvalue weighted by atomic mass is 9.96. The van der Waals surface area contributed by atoms with E-state index in [-0.39, 0.29) is 5.41 Å². The van der Waals surface area contributed by atoms with Crippen molar-refractivity contribution in [3.8, 4) is 0 Å². The van der Waals surface area contributed by atoms with E-state index < -0.39 is 5.97 Å². The Morgan fingerprint density at radius 1 is 1.42 bits per heavy atom. The first kappa shape index (κ1) is 15.6. The molecule has 1 aromatic rings. The number of aliphatic carboxylic acids is 1. The first-order valence-corrected chi connectivity index (χ1v) is 6.48. The number of carbonyl (C=O) groups is 1. The zero-order chi connectivity index (χ0) is 14.6.